The smallest absolute Gasteiger partial charge is 0.337 e. The van der Waals surface area contributed by atoms with Gasteiger partial charge in [0.1, 0.15) is 11.3 Å². The highest BCUT2D eigenvalue weighted by Crippen LogP contribution is 2.18. The third-order valence-corrected chi connectivity index (χ3v) is 4.19. The summed E-state index contributed by atoms with van der Waals surface area (Å²) in [7, 11) is 1.36. The first-order valence-electron chi connectivity index (χ1n) is 8.20. The average Bonchev–Trinajstić information content (AvgIpc) is 3.01. The number of esters is 1. The fourth-order valence-electron chi connectivity index (χ4n) is 2.60. The van der Waals surface area contributed by atoms with Crippen LogP contribution < -0.4 is 4.74 Å². The Labute approximate surface area is 146 Å². The lowest BCUT2D eigenvalue weighted by Gasteiger charge is -2.07. The number of hydrogen-bond donors (Lipinski definition) is 0. The van der Waals surface area contributed by atoms with Crippen molar-refractivity contribution in [1.82, 2.24) is 15.0 Å². The molecule has 0 N–H and O–H groups in total. The molecule has 0 unspecified atom stereocenters. The van der Waals surface area contributed by atoms with Crippen molar-refractivity contribution >= 4 is 17.0 Å². The van der Waals surface area contributed by atoms with Crippen LogP contribution in [0, 0.1) is 13.8 Å². The molecule has 0 spiro atoms. The van der Waals surface area contributed by atoms with Crippen LogP contribution in [0.5, 0.6) is 5.75 Å². The number of carbonyl (C=O) groups excluding carboxylic acids is 1. The number of aryl methyl sites for hydroxylation is 3. The predicted molar refractivity (Wildman–Crippen MR) is 94.9 cm³/mol. The van der Waals surface area contributed by atoms with Crippen LogP contribution in [0.4, 0.5) is 0 Å². The zero-order valence-corrected chi connectivity index (χ0v) is 14.7. The van der Waals surface area contributed by atoms with Gasteiger partial charge in [0, 0.05) is 13.0 Å². The van der Waals surface area contributed by atoms with Crippen molar-refractivity contribution in [1.29, 1.82) is 0 Å². The summed E-state index contributed by atoms with van der Waals surface area (Å²) >= 11 is 0. The Morgan fingerprint density at radius 3 is 2.56 bits per heavy atom. The van der Waals surface area contributed by atoms with Crippen molar-refractivity contribution in [3.63, 3.8) is 0 Å². The van der Waals surface area contributed by atoms with Crippen molar-refractivity contribution in [2.24, 2.45) is 0 Å². The van der Waals surface area contributed by atoms with Crippen LogP contribution in [0.1, 0.15) is 27.9 Å². The molecule has 0 saturated carbocycles. The number of methoxy groups -OCH3 is 1. The second-order valence-electron chi connectivity index (χ2n) is 5.96. The Kier molecular flexibility index (Phi) is 4.97. The SMILES string of the molecule is COC(=O)c1ccc(OCCCn2nnc3cc(C)c(C)cc32)cc1. The molecule has 0 radical (unpaired) electrons. The standard InChI is InChI=1S/C19H21N3O3/c1-13-11-17-18(12-14(13)2)22(21-20-17)9-4-10-25-16-7-5-15(6-8-16)19(23)24-3/h5-8,11-12H,4,9-10H2,1-3H3. The van der Waals surface area contributed by atoms with Crippen LogP contribution in [-0.4, -0.2) is 34.7 Å². The van der Waals surface area contributed by atoms with E-state index in [9.17, 15) is 4.79 Å². The maximum Gasteiger partial charge on any atom is 0.337 e. The molecular weight excluding hydrogens is 318 g/mol. The van der Waals surface area contributed by atoms with Crippen LogP contribution in [0.25, 0.3) is 11.0 Å². The molecule has 0 fully saturated rings. The van der Waals surface area contributed by atoms with Gasteiger partial charge in [-0.25, -0.2) is 9.48 Å². The molecule has 6 heteroatoms. The molecule has 1 aromatic heterocycles. The highest BCUT2D eigenvalue weighted by molar-refractivity contribution is 5.89. The topological polar surface area (TPSA) is 66.2 Å². The first-order chi connectivity index (χ1) is 12.1. The van der Waals surface area contributed by atoms with E-state index >= 15 is 0 Å². The van der Waals surface area contributed by atoms with Gasteiger partial charge in [-0.3, -0.25) is 0 Å². The van der Waals surface area contributed by atoms with Crippen LogP contribution >= 0.6 is 0 Å². The summed E-state index contributed by atoms with van der Waals surface area (Å²) in [4.78, 5) is 11.4. The van der Waals surface area contributed by atoms with Crippen molar-refractivity contribution in [3.05, 3.63) is 53.1 Å². The van der Waals surface area contributed by atoms with Crippen LogP contribution in [0.15, 0.2) is 36.4 Å². The van der Waals surface area contributed by atoms with E-state index in [1.54, 1.807) is 24.3 Å². The van der Waals surface area contributed by atoms with E-state index in [1.807, 2.05) is 4.68 Å². The van der Waals surface area contributed by atoms with Crippen molar-refractivity contribution < 1.29 is 14.3 Å². The monoisotopic (exact) mass is 339 g/mol. The Balaban J connectivity index is 1.55. The lowest BCUT2D eigenvalue weighted by atomic mass is 10.1. The van der Waals surface area contributed by atoms with E-state index in [1.165, 1.54) is 18.2 Å². The van der Waals surface area contributed by atoms with Gasteiger partial charge < -0.3 is 9.47 Å². The molecule has 3 rings (SSSR count). The molecule has 0 aliphatic heterocycles. The largest absolute Gasteiger partial charge is 0.494 e. The van der Waals surface area contributed by atoms with Crippen molar-refractivity contribution in [2.75, 3.05) is 13.7 Å². The molecule has 0 aliphatic carbocycles. The maximum absolute atomic E-state index is 11.4. The normalized spacial score (nSPS) is 10.8. The van der Waals surface area contributed by atoms with E-state index in [0.717, 1.165) is 29.7 Å². The van der Waals surface area contributed by atoms with E-state index < -0.39 is 0 Å². The zero-order chi connectivity index (χ0) is 17.8. The number of fused-ring (bicyclic) bond motifs is 1. The molecule has 3 aromatic rings. The molecule has 6 nitrogen and oxygen atoms in total. The zero-order valence-electron chi connectivity index (χ0n) is 14.7. The van der Waals surface area contributed by atoms with Gasteiger partial charge in [0.15, 0.2) is 0 Å². The van der Waals surface area contributed by atoms with Crippen LogP contribution in [0.2, 0.25) is 0 Å². The van der Waals surface area contributed by atoms with Crippen molar-refractivity contribution in [3.8, 4) is 5.75 Å². The van der Waals surface area contributed by atoms with Gasteiger partial charge in [-0.1, -0.05) is 5.21 Å². The lowest BCUT2D eigenvalue weighted by Crippen LogP contribution is -2.06. The number of rotatable bonds is 6. The highest BCUT2D eigenvalue weighted by atomic mass is 16.5. The Hall–Kier alpha value is -2.89. The molecule has 0 amide bonds. The Morgan fingerprint density at radius 2 is 1.84 bits per heavy atom. The number of benzene rings is 2. The second-order valence-corrected chi connectivity index (χ2v) is 5.96. The molecule has 130 valence electrons. The number of carbonyl (C=O) groups is 1. The molecule has 1 heterocycles. The van der Waals surface area contributed by atoms with Gasteiger partial charge in [-0.05, 0) is 61.4 Å². The fraction of sp³-hybridized carbons (Fsp3) is 0.316. The summed E-state index contributed by atoms with van der Waals surface area (Å²) in [5.41, 5.74) is 4.93. The van der Waals surface area contributed by atoms with Gasteiger partial charge in [0.05, 0.1) is 24.8 Å². The maximum atomic E-state index is 11.4. The van der Waals surface area contributed by atoms with Gasteiger partial charge in [-0.15, -0.1) is 5.10 Å². The van der Waals surface area contributed by atoms with Gasteiger partial charge in [0.25, 0.3) is 0 Å². The first kappa shape index (κ1) is 17.0. The minimum Gasteiger partial charge on any atom is -0.494 e. The summed E-state index contributed by atoms with van der Waals surface area (Å²) in [6.07, 6.45) is 0.810. The van der Waals surface area contributed by atoms with E-state index in [0.29, 0.717) is 12.2 Å². The van der Waals surface area contributed by atoms with E-state index in [-0.39, 0.29) is 5.97 Å². The van der Waals surface area contributed by atoms with Crippen molar-refractivity contribution in [2.45, 2.75) is 26.8 Å². The van der Waals surface area contributed by atoms with E-state index in [4.69, 9.17) is 4.74 Å². The fourth-order valence-corrected chi connectivity index (χ4v) is 2.60. The Morgan fingerprint density at radius 1 is 1.12 bits per heavy atom. The second kappa shape index (κ2) is 7.34. The Bertz CT molecular complexity index is 885. The summed E-state index contributed by atoms with van der Waals surface area (Å²) in [5, 5.41) is 8.44. The third kappa shape index (κ3) is 3.79. The predicted octanol–water partition coefficient (Wildman–Crippen LogP) is 3.30. The minimum absolute atomic E-state index is 0.352. The number of hydrogen-bond acceptors (Lipinski definition) is 5. The molecule has 0 aliphatic rings. The van der Waals surface area contributed by atoms with Gasteiger partial charge in [-0.2, -0.15) is 0 Å². The first-order valence-corrected chi connectivity index (χ1v) is 8.20. The summed E-state index contributed by atoms with van der Waals surface area (Å²) in [5.74, 6) is 0.373. The quantitative estimate of drug-likeness (QED) is 0.509. The van der Waals surface area contributed by atoms with Gasteiger partial charge >= 0.3 is 5.97 Å². The number of nitrogens with zero attached hydrogens (tertiary/aromatic N) is 3. The van der Waals surface area contributed by atoms with Gasteiger partial charge in [0.2, 0.25) is 0 Å². The summed E-state index contributed by atoms with van der Waals surface area (Å²) in [6, 6.07) is 11.1. The van der Waals surface area contributed by atoms with Crippen LogP contribution in [0.3, 0.4) is 0 Å². The molecule has 0 bridgehead atoms. The third-order valence-electron chi connectivity index (χ3n) is 4.19. The minimum atomic E-state index is -0.352. The highest BCUT2D eigenvalue weighted by Gasteiger charge is 2.07. The molecule has 0 saturated heterocycles. The average molecular weight is 339 g/mol. The lowest BCUT2D eigenvalue weighted by molar-refractivity contribution is 0.0600. The number of ether oxygens (including phenoxy) is 2. The summed E-state index contributed by atoms with van der Waals surface area (Å²) < 4.78 is 12.3. The molecule has 2 aromatic carbocycles. The van der Waals surface area contributed by atoms with Crippen LogP contribution in [-0.2, 0) is 11.3 Å². The summed E-state index contributed by atoms with van der Waals surface area (Å²) in [6.45, 7) is 5.46. The molecule has 0 atom stereocenters. The van der Waals surface area contributed by atoms with E-state index in [2.05, 4.69) is 41.0 Å². The molecular formula is C19H21N3O3. The molecule has 25 heavy (non-hydrogen) atoms. The number of aromatic nitrogens is 3.